The van der Waals surface area contributed by atoms with Crippen LogP contribution in [0.4, 0.5) is 0 Å². The third-order valence-electron chi connectivity index (χ3n) is 12.4. The van der Waals surface area contributed by atoms with E-state index in [0.29, 0.717) is 30.6 Å². The number of carbonyl (C=O) groups is 1. The summed E-state index contributed by atoms with van der Waals surface area (Å²) in [6.45, 7) is 5.54. The summed E-state index contributed by atoms with van der Waals surface area (Å²) in [7, 11) is 1.77. The van der Waals surface area contributed by atoms with E-state index in [2.05, 4.69) is 26.8 Å². The second kappa shape index (κ2) is 7.88. The maximum Gasteiger partial charge on any atom is 0.237 e. The van der Waals surface area contributed by atoms with E-state index in [1.165, 1.54) is 36.9 Å². The molecule has 7 heterocycles. The minimum absolute atomic E-state index is 0.00511. The van der Waals surface area contributed by atoms with Gasteiger partial charge in [0.2, 0.25) is 5.91 Å². The molecule has 10 aliphatic rings. The zero-order valence-corrected chi connectivity index (χ0v) is 22.7. The lowest BCUT2D eigenvalue weighted by Crippen LogP contribution is -2.73. The molecule has 1 aromatic carbocycles. The van der Waals surface area contributed by atoms with Crippen LogP contribution in [0.15, 0.2) is 12.1 Å². The van der Waals surface area contributed by atoms with Crippen LogP contribution in [0.2, 0.25) is 0 Å². The van der Waals surface area contributed by atoms with Crippen LogP contribution in [0, 0.1) is 11.3 Å². The van der Waals surface area contributed by atoms with E-state index in [-0.39, 0.29) is 23.0 Å². The molecule has 6 bridgehead atoms. The van der Waals surface area contributed by atoms with Crippen LogP contribution in [0.3, 0.4) is 0 Å². The van der Waals surface area contributed by atoms with Crippen molar-refractivity contribution >= 4 is 5.91 Å². The molecular formula is C31H41N3O4. The number of carbonyl (C=O) groups excluding carboxylic acids is 1. The fourth-order valence-corrected chi connectivity index (χ4v) is 10.5. The van der Waals surface area contributed by atoms with Gasteiger partial charge < -0.3 is 19.1 Å². The number of methoxy groups -OCH3 is 1. The molecule has 7 heteroatoms. The third-order valence-corrected chi connectivity index (χ3v) is 12.4. The van der Waals surface area contributed by atoms with Crippen molar-refractivity contribution in [3.8, 4) is 11.5 Å². The van der Waals surface area contributed by atoms with E-state index < -0.39 is 0 Å². The maximum absolute atomic E-state index is 14.1. The normalized spacial score (nSPS) is 42.6. The molecule has 2 saturated carbocycles. The van der Waals surface area contributed by atoms with Gasteiger partial charge in [-0.3, -0.25) is 14.6 Å². The van der Waals surface area contributed by atoms with Crippen molar-refractivity contribution in [3.63, 3.8) is 0 Å². The van der Waals surface area contributed by atoms with Crippen molar-refractivity contribution in [2.45, 2.75) is 93.5 Å². The van der Waals surface area contributed by atoms with Gasteiger partial charge in [-0.2, -0.15) is 0 Å². The summed E-state index contributed by atoms with van der Waals surface area (Å²) in [5.41, 5.74) is 3.13. The summed E-state index contributed by atoms with van der Waals surface area (Å²) in [5.74, 6) is 3.08. The van der Waals surface area contributed by atoms with Crippen LogP contribution in [0.1, 0.15) is 62.5 Å². The summed E-state index contributed by atoms with van der Waals surface area (Å²) in [5, 5.41) is 0. The monoisotopic (exact) mass is 519 g/mol. The standard InChI is InChI=1S/C31H41N3O4/c1-36-24-7-4-20-14-25-30-9-8-23(34(13-10-30)26(35)17-33-16-22-6-5-21(33)18-37-22)29-31(30,27(20)28(24)38-29)11-12-32(25)15-19-2-3-19/h4,7,19,21-23,25,29H,2-3,5-6,8-18H2,1H3/t21-,22-,23-,25+,29+,30-,31+/m1/s1. The number of benzene rings is 1. The lowest BCUT2D eigenvalue weighted by atomic mass is 9.42. The van der Waals surface area contributed by atoms with Crippen LogP contribution in [-0.2, 0) is 21.4 Å². The van der Waals surface area contributed by atoms with E-state index in [9.17, 15) is 4.79 Å². The first-order valence-electron chi connectivity index (χ1n) is 15.4. The fourth-order valence-electron chi connectivity index (χ4n) is 10.5. The Kier molecular flexibility index (Phi) is 4.76. The molecule has 7 nitrogen and oxygen atoms in total. The highest BCUT2D eigenvalue weighted by Gasteiger charge is 2.74. The molecule has 7 aliphatic heterocycles. The highest BCUT2D eigenvalue weighted by atomic mass is 16.5. The van der Waals surface area contributed by atoms with Gasteiger partial charge in [0.05, 0.1) is 32.4 Å². The highest BCUT2D eigenvalue weighted by Crippen LogP contribution is 2.71. The quantitative estimate of drug-likeness (QED) is 0.596. The summed E-state index contributed by atoms with van der Waals surface area (Å²) in [6, 6.07) is 5.57. The minimum atomic E-state index is 0.00511. The van der Waals surface area contributed by atoms with Crippen molar-refractivity contribution in [1.82, 2.24) is 14.7 Å². The Labute approximate surface area is 225 Å². The summed E-state index contributed by atoms with van der Waals surface area (Å²) in [6.07, 6.45) is 11.1. The van der Waals surface area contributed by atoms with E-state index >= 15 is 0 Å². The fraction of sp³-hybridized carbons (Fsp3) is 0.774. The smallest absolute Gasteiger partial charge is 0.237 e. The zero-order chi connectivity index (χ0) is 25.2. The molecule has 3 aliphatic carbocycles. The molecule has 0 radical (unpaired) electrons. The van der Waals surface area contributed by atoms with Gasteiger partial charge in [0, 0.05) is 48.1 Å². The molecule has 7 atom stereocenters. The van der Waals surface area contributed by atoms with Crippen molar-refractivity contribution in [2.75, 3.05) is 46.4 Å². The number of amides is 1. The Morgan fingerprint density at radius 3 is 2.76 bits per heavy atom. The van der Waals surface area contributed by atoms with Crippen LogP contribution in [-0.4, -0.2) is 97.4 Å². The molecule has 1 amide bonds. The predicted octanol–water partition coefficient (Wildman–Crippen LogP) is 2.98. The Hall–Kier alpha value is -1.83. The number of nitrogens with zero attached hydrogens (tertiary/aromatic N) is 3. The van der Waals surface area contributed by atoms with Gasteiger partial charge in [0.15, 0.2) is 11.5 Å². The first-order valence-corrected chi connectivity index (χ1v) is 15.4. The number of rotatable bonds is 5. The predicted molar refractivity (Wildman–Crippen MR) is 142 cm³/mol. The highest BCUT2D eigenvalue weighted by molar-refractivity contribution is 5.79. The van der Waals surface area contributed by atoms with E-state index in [0.717, 1.165) is 82.2 Å². The summed E-state index contributed by atoms with van der Waals surface area (Å²) in [4.78, 5) is 21.7. The summed E-state index contributed by atoms with van der Waals surface area (Å²) >= 11 is 0. The zero-order valence-electron chi connectivity index (χ0n) is 22.7. The van der Waals surface area contributed by atoms with Gasteiger partial charge >= 0.3 is 0 Å². The van der Waals surface area contributed by atoms with Gasteiger partial charge in [-0.1, -0.05) is 6.07 Å². The number of hydrogen-bond acceptors (Lipinski definition) is 6. The van der Waals surface area contributed by atoms with Crippen LogP contribution in [0.25, 0.3) is 0 Å². The maximum atomic E-state index is 14.1. The Morgan fingerprint density at radius 2 is 2.00 bits per heavy atom. The Balaban J connectivity index is 1.12. The van der Waals surface area contributed by atoms with Crippen molar-refractivity contribution in [3.05, 3.63) is 23.3 Å². The van der Waals surface area contributed by atoms with Gasteiger partial charge in [-0.15, -0.1) is 0 Å². The van der Waals surface area contributed by atoms with Crippen LogP contribution < -0.4 is 9.47 Å². The molecule has 0 N–H and O–H groups in total. The molecular weight excluding hydrogens is 478 g/mol. The van der Waals surface area contributed by atoms with E-state index in [1.807, 2.05) is 0 Å². The number of likely N-dealkylation sites (tertiary alicyclic amines) is 1. The molecule has 11 rings (SSSR count). The minimum Gasteiger partial charge on any atom is -0.493 e. The molecule has 2 spiro atoms. The Morgan fingerprint density at radius 1 is 1.08 bits per heavy atom. The molecule has 38 heavy (non-hydrogen) atoms. The second-order valence-electron chi connectivity index (χ2n) is 13.8. The van der Waals surface area contributed by atoms with Crippen LogP contribution in [0.5, 0.6) is 11.5 Å². The van der Waals surface area contributed by atoms with Crippen molar-refractivity contribution in [2.24, 2.45) is 11.3 Å². The average molecular weight is 520 g/mol. The molecule has 204 valence electrons. The lowest BCUT2D eigenvalue weighted by Gasteiger charge is -2.66. The van der Waals surface area contributed by atoms with Crippen molar-refractivity contribution in [1.29, 1.82) is 0 Å². The third kappa shape index (κ3) is 2.83. The molecule has 1 aromatic rings. The number of fused-ring (bicyclic) bond motifs is 6. The van der Waals surface area contributed by atoms with Gasteiger partial charge in [0.1, 0.15) is 6.10 Å². The number of hydrogen-bond donors (Lipinski definition) is 0. The molecule has 0 aromatic heterocycles. The summed E-state index contributed by atoms with van der Waals surface area (Å²) < 4.78 is 18.9. The van der Waals surface area contributed by atoms with Gasteiger partial charge in [-0.05, 0) is 81.9 Å². The largest absolute Gasteiger partial charge is 0.493 e. The van der Waals surface area contributed by atoms with Gasteiger partial charge in [-0.25, -0.2) is 0 Å². The topological polar surface area (TPSA) is 54.5 Å². The average Bonchev–Trinajstić information content (AvgIpc) is 3.73. The van der Waals surface area contributed by atoms with Crippen molar-refractivity contribution < 1.29 is 19.0 Å². The molecule has 8 fully saturated rings. The molecule has 0 unspecified atom stereocenters. The Bertz CT molecular complexity index is 1180. The number of piperidine rings is 2. The SMILES string of the molecule is COc1ccc2c3c1O[C@H]1[C@H]4CC[C@@]5(CCN4C(=O)CN4C[C@H]6CC[C@@H]4CO6)[C@H](C2)N(CC2CC2)CC[C@]315. The van der Waals surface area contributed by atoms with Crippen LogP contribution >= 0.6 is 0 Å². The van der Waals surface area contributed by atoms with E-state index in [1.54, 1.807) is 7.11 Å². The molecule has 6 saturated heterocycles. The lowest BCUT2D eigenvalue weighted by molar-refractivity contribution is -0.151. The van der Waals surface area contributed by atoms with Gasteiger partial charge in [0.25, 0.3) is 0 Å². The second-order valence-corrected chi connectivity index (χ2v) is 13.8. The van der Waals surface area contributed by atoms with E-state index in [4.69, 9.17) is 14.2 Å². The first-order chi connectivity index (χ1) is 18.6. The number of morpholine rings is 1. The number of ether oxygens (including phenoxy) is 3. The first kappa shape index (κ1) is 22.9.